The first-order valence-electron chi connectivity index (χ1n) is 4.65. The number of halogens is 1. The molecule has 1 aromatic heterocycles. The maximum absolute atomic E-state index is 11.0. The van der Waals surface area contributed by atoms with Crippen LogP contribution in [0, 0.1) is 3.57 Å². The molecule has 2 rings (SSSR count). The van der Waals surface area contributed by atoms with Gasteiger partial charge in [0.25, 0.3) is 0 Å². The van der Waals surface area contributed by atoms with Gasteiger partial charge < -0.3 is 9.84 Å². The molecule has 0 aliphatic rings. The molecule has 6 heteroatoms. The van der Waals surface area contributed by atoms with Crippen molar-refractivity contribution in [1.82, 2.24) is 10.2 Å². The molecule has 0 atom stereocenters. The molecule has 2 aromatic rings. The van der Waals surface area contributed by atoms with E-state index in [1.165, 1.54) is 12.3 Å². The number of aromatic nitrogens is 2. The van der Waals surface area contributed by atoms with Gasteiger partial charge in [-0.3, -0.25) is 0 Å². The van der Waals surface area contributed by atoms with Crippen molar-refractivity contribution in [2.75, 3.05) is 0 Å². The number of carbonyl (C=O) groups is 1. The van der Waals surface area contributed by atoms with Gasteiger partial charge in [-0.15, -0.1) is 5.10 Å². The first-order valence-corrected chi connectivity index (χ1v) is 5.73. The monoisotopic (exact) mass is 342 g/mol. The highest BCUT2D eigenvalue weighted by Gasteiger charge is 2.12. The van der Waals surface area contributed by atoms with E-state index in [0.29, 0.717) is 0 Å². The fourth-order valence-electron chi connectivity index (χ4n) is 1.21. The van der Waals surface area contributed by atoms with Gasteiger partial charge in [-0.2, -0.15) is 5.10 Å². The summed E-state index contributed by atoms with van der Waals surface area (Å²) in [4.78, 5) is 11.0. The van der Waals surface area contributed by atoms with Crippen LogP contribution in [0.15, 0.2) is 36.5 Å². The summed E-state index contributed by atoms with van der Waals surface area (Å²) in [5.41, 5.74) is 0.0996. The van der Waals surface area contributed by atoms with Crippen LogP contribution in [0.2, 0.25) is 0 Å². The summed E-state index contributed by atoms with van der Waals surface area (Å²) in [5.74, 6) is -0.531. The maximum atomic E-state index is 11.0. The quantitative estimate of drug-likeness (QED) is 0.868. The summed E-state index contributed by atoms with van der Waals surface area (Å²) < 4.78 is 6.19. The van der Waals surface area contributed by atoms with E-state index in [4.69, 9.17) is 9.84 Å². The number of hydrogen-bond acceptors (Lipinski definition) is 4. The molecular weight excluding hydrogens is 335 g/mol. The van der Waals surface area contributed by atoms with Gasteiger partial charge in [0.15, 0.2) is 0 Å². The van der Waals surface area contributed by atoms with E-state index in [0.717, 1.165) is 3.57 Å². The van der Waals surface area contributed by atoms with E-state index in [9.17, 15) is 4.79 Å². The van der Waals surface area contributed by atoms with Crippen molar-refractivity contribution in [1.29, 1.82) is 0 Å². The zero-order valence-corrected chi connectivity index (χ0v) is 10.7. The Morgan fingerprint density at radius 3 is 2.82 bits per heavy atom. The number of nitrogens with zero attached hydrogens (tertiary/aromatic N) is 2. The molecule has 0 bridgehead atoms. The Balaban J connectivity index is 2.36. The van der Waals surface area contributed by atoms with Crippen LogP contribution in [0.4, 0.5) is 0 Å². The van der Waals surface area contributed by atoms with E-state index < -0.39 is 5.97 Å². The normalized spacial score (nSPS) is 9.94. The molecule has 0 radical (unpaired) electrons. The lowest BCUT2D eigenvalue weighted by atomic mass is 10.2. The highest BCUT2D eigenvalue weighted by Crippen LogP contribution is 2.25. The van der Waals surface area contributed by atoms with Crippen LogP contribution in [0.5, 0.6) is 11.6 Å². The molecule has 86 valence electrons. The van der Waals surface area contributed by atoms with Crippen molar-refractivity contribution in [3.63, 3.8) is 0 Å². The average molecular weight is 342 g/mol. The summed E-state index contributed by atoms with van der Waals surface area (Å²) in [6.07, 6.45) is 1.51. The Labute approximate surface area is 111 Å². The van der Waals surface area contributed by atoms with Crippen LogP contribution >= 0.6 is 22.6 Å². The third-order valence-corrected chi connectivity index (χ3v) is 2.61. The second-order valence-electron chi connectivity index (χ2n) is 3.11. The van der Waals surface area contributed by atoms with Gasteiger partial charge in [0, 0.05) is 15.8 Å². The van der Waals surface area contributed by atoms with E-state index in [1.807, 2.05) is 22.6 Å². The van der Waals surface area contributed by atoms with Gasteiger partial charge in [0.1, 0.15) is 11.3 Å². The highest BCUT2D eigenvalue weighted by atomic mass is 127. The molecular formula is C11H7IN2O3. The summed E-state index contributed by atoms with van der Waals surface area (Å²) in [6, 6.07) is 8.17. The molecule has 17 heavy (non-hydrogen) atoms. The Hall–Kier alpha value is -1.70. The average Bonchev–Trinajstić information content (AvgIpc) is 2.32. The SMILES string of the molecule is O=C(O)c1cc(I)ccc1Oc1cccnn1. The summed E-state index contributed by atoms with van der Waals surface area (Å²) >= 11 is 2.04. The standard InChI is InChI=1S/C11H7IN2O3/c12-7-3-4-9(8(6-7)11(15)16)17-10-2-1-5-13-14-10/h1-6H,(H,15,16). The van der Waals surface area contributed by atoms with Crippen LogP contribution in [0.25, 0.3) is 0 Å². The van der Waals surface area contributed by atoms with Gasteiger partial charge >= 0.3 is 5.97 Å². The number of rotatable bonds is 3. The number of hydrogen-bond donors (Lipinski definition) is 1. The predicted molar refractivity (Wildman–Crippen MR) is 68.2 cm³/mol. The molecule has 0 aliphatic heterocycles. The van der Waals surface area contributed by atoms with E-state index in [1.54, 1.807) is 24.3 Å². The van der Waals surface area contributed by atoms with Gasteiger partial charge in [0.2, 0.25) is 5.88 Å². The van der Waals surface area contributed by atoms with Gasteiger partial charge in [-0.25, -0.2) is 4.79 Å². The minimum Gasteiger partial charge on any atom is -0.478 e. The van der Waals surface area contributed by atoms with E-state index in [-0.39, 0.29) is 17.2 Å². The second-order valence-corrected chi connectivity index (χ2v) is 4.36. The molecule has 0 saturated carbocycles. The van der Waals surface area contributed by atoms with E-state index in [2.05, 4.69) is 10.2 Å². The molecule has 1 heterocycles. The Bertz CT molecular complexity index is 546. The molecule has 0 unspecified atom stereocenters. The molecule has 0 saturated heterocycles. The van der Waals surface area contributed by atoms with Crippen molar-refractivity contribution in [3.05, 3.63) is 45.7 Å². The summed E-state index contributed by atoms with van der Waals surface area (Å²) in [7, 11) is 0. The lowest BCUT2D eigenvalue weighted by Crippen LogP contribution is -2.01. The molecule has 0 aliphatic carbocycles. The predicted octanol–water partition coefficient (Wildman–Crippen LogP) is 2.57. The molecule has 0 spiro atoms. The fourth-order valence-corrected chi connectivity index (χ4v) is 1.70. The third-order valence-electron chi connectivity index (χ3n) is 1.93. The maximum Gasteiger partial charge on any atom is 0.339 e. The molecule has 1 aromatic carbocycles. The number of carboxylic acids is 1. The van der Waals surface area contributed by atoms with Crippen LogP contribution in [-0.4, -0.2) is 21.3 Å². The van der Waals surface area contributed by atoms with Crippen molar-refractivity contribution < 1.29 is 14.6 Å². The Kier molecular flexibility index (Phi) is 3.52. The Morgan fingerprint density at radius 1 is 1.35 bits per heavy atom. The van der Waals surface area contributed by atoms with Crippen molar-refractivity contribution in [2.24, 2.45) is 0 Å². The van der Waals surface area contributed by atoms with Gasteiger partial charge in [0.05, 0.1) is 0 Å². The molecule has 0 fully saturated rings. The van der Waals surface area contributed by atoms with Gasteiger partial charge in [-0.05, 0) is 46.9 Å². The lowest BCUT2D eigenvalue weighted by Gasteiger charge is -2.07. The zero-order valence-electron chi connectivity index (χ0n) is 8.50. The minimum atomic E-state index is -1.04. The fraction of sp³-hybridized carbons (Fsp3) is 0. The van der Waals surface area contributed by atoms with Crippen molar-refractivity contribution in [3.8, 4) is 11.6 Å². The number of ether oxygens (including phenoxy) is 1. The Morgan fingerprint density at radius 2 is 2.18 bits per heavy atom. The summed E-state index contributed by atoms with van der Waals surface area (Å²) in [6.45, 7) is 0. The van der Waals surface area contributed by atoms with Crippen LogP contribution in [-0.2, 0) is 0 Å². The van der Waals surface area contributed by atoms with Crippen molar-refractivity contribution in [2.45, 2.75) is 0 Å². The smallest absolute Gasteiger partial charge is 0.339 e. The first kappa shape index (κ1) is 11.8. The van der Waals surface area contributed by atoms with Crippen LogP contribution < -0.4 is 4.74 Å². The molecule has 0 amide bonds. The van der Waals surface area contributed by atoms with E-state index >= 15 is 0 Å². The number of benzene rings is 1. The first-order chi connectivity index (χ1) is 8.16. The highest BCUT2D eigenvalue weighted by molar-refractivity contribution is 14.1. The molecule has 5 nitrogen and oxygen atoms in total. The lowest BCUT2D eigenvalue weighted by molar-refractivity contribution is 0.0694. The zero-order chi connectivity index (χ0) is 12.3. The summed E-state index contributed by atoms with van der Waals surface area (Å²) in [5, 5.41) is 16.4. The molecule has 1 N–H and O–H groups in total. The third kappa shape index (κ3) is 2.90. The van der Waals surface area contributed by atoms with Crippen LogP contribution in [0.1, 0.15) is 10.4 Å². The number of aromatic carboxylic acids is 1. The second kappa shape index (κ2) is 5.09. The topological polar surface area (TPSA) is 72.3 Å². The largest absolute Gasteiger partial charge is 0.478 e. The van der Waals surface area contributed by atoms with Crippen LogP contribution in [0.3, 0.4) is 0 Å². The number of carboxylic acid groups (broad SMARTS) is 1. The minimum absolute atomic E-state index is 0.0996. The van der Waals surface area contributed by atoms with Gasteiger partial charge in [-0.1, -0.05) is 0 Å². The van der Waals surface area contributed by atoms with Crippen molar-refractivity contribution >= 4 is 28.6 Å².